The molecule has 2 rings (SSSR count). The van der Waals surface area contributed by atoms with Gasteiger partial charge < -0.3 is 9.88 Å². The third-order valence-corrected chi connectivity index (χ3v) is 5.06. The second kappa shape index (κ2) is 5.26. The van der Waals surface area contributed by atoms with Crippen molar-refractivity contribution in [2.75, 3.05) is 0 Å². The lowest BCUT2D eigenvalue weighted by molar-refractivity contribution is 0.0913. The zero-order chi connectivity index (χ0) is 13.3. The van der Waals surface area contributed by atoms with Crippen LogP contribution in [-0.2, 0) is 7.05 Å². The molecule has 0 aliphatic heterocycles. The minimum Gasteiger partial charge on any atom is -0.348 e. The van der Waals surface area contributed by atoms with Gasteiger partial charge in [0.2, 0.25) is 0 Å². The van der Waals surface area contributed by atoms with Crippen LogP contribution in [0.2, 0.25) is 0 Å². The highest BCUT2D eigenvalue weighted by atomic mass is 32.1. The average Bonchev–Trinajstić information content (AvgIpc) is 2.60. The molecule has 100 valence electrons. The number of carbonyl (C=O) groups excluding carboxylic acids is 1. The van der Waals surface area contributed by atoms with Crippen LogP contribution in [0.5, 0.6) is 0 Å². The van der Waals surface area contributed by atoms with E-state index in [1.165, 1.54) is 23.8 Å². The lowest BCUT2D eigenvalue weighted by atomic mass is 9.86. The molecule has 0 radical (unpaired) electrons. The normalized spacial score (nSPS) is 23.9. The lowest BCUT2D eigenvalue weighted by Gasteiger charge is -2.29. The molecule has 1 aromatic heterocycles. The number of aromatic nitrogens is 1. The average molecular weight is 268 g/mol. The van der Waals surface area contributed by atoms with Crippen molar-refractivity contribution in [2.24, 2.45) is 13.0 Å². The van der Waals surface area contributed by atoms with Crippen molar-refractivity contribution in [2.45, 2.75) is 45.6 Å². The number of rotatable bonds is 2. The van der Waals surface area contributed by atoms with Gasteiger partial charge in [-0.3, -0.25) is 9.59 Å². The summed E-state index contributed by atoms with van der Waals surface area (Å²) in [4.78, 5) is 24.2. The first-order valence-electron chi connectivity index (χ1n) is 6.48. The van der Waals surface area contributed by atoms with E-state index in [9.17, 15) is 9.59 Å². The quantitative estimate of drug-likeness (QED) is 0.892. The van der Waals surface area contributed by atoms with Gasteiger partial charge in [-0.15, -0.1) is 0 Å². The van der Waals surface area contributed by atoms with Gasteiger partial charge in [0.25, 0.3) is 5.91 Å². The van der Waals surface area contributed by atoms with Gasteiger partial charge in [0.1, 0.15) is 4.88 Å². The van der Waals surface area contributed by atoms with E-state index in [-0.39, 0.29) is 16.8 Å². The fraction of sp³-hybridized carbons (Fsp3) is 0.692. The summed E-state index contributed by atoms with van der Waals surface area (Å²) < 4.78 is 1.53. The molecule has 1 heterocycles. The summed E-state index contributed by atoms with van der Waals surface area (Å²) in [5.41, 5.74) is 0.756. The van der Waals surface area contributed by atoms with Crippen molar-refractivity contribution in [1.82, 2.24) is 9.88 Å². The molecule has 5 heteroatoms. The van der Waals surface area contributed by atoms with Crippen molar-refractivity contribution in [3.8, 4) is 0 Å². The van der Waals surface area contributed by atoms with Gasteiger partial charge >= 0.3 is 4.87 Å². The summed E-state index contributed by atoms with van der Waals surface area (Å²) in [5.74, 6) is 0.442. The van der Waals surface area contributed by atoms with Crippen LogP contribution in [0, 0.1) is 12.8 Å². The first kappa shape index (κ1) is 13.3. The SMILES string of the molecule is Cc1c(C(=O)NC2CCCCC2C)sc(=O)n1C. The Morgan fingerprint density at radius 1 is 1.39 bits per heavy atom. The van der Waals surface area contributed by atoms with Gasteiger partial charge in [-0.1, -0.05) is 31.1 Å². The second-order valence-electron chi connectivity index (χ2n) is 5.18. The van der Waals surface area contributed by atoms with Crippen LogP contribution in [0.3, 0.4) is 0 Å². The smallest absolute Gasteiger partial charge is 0.307 e. The highest BCUT2D eigenvalue weighted by molar-refractivity contribution is 7.11. The summed E-state index contributed by atoms with van der Waals surface area (Å²) in [5, 5.41) is 3.09. The topological polar surface area (TPSA) is 51.1 Å². The standard InChI is InChI=1S/C13H20N2O2S/c1-8-6-4-5-7-10(8)14-12(16)11-9(2)15(3)13(17)18-11/h8,10H,4-7H2,1-3H3,(H,14,16). The second-order valence-corrected chi connectivity index (χ2v) is 6.14. The summed E-state index contributed by atoms with van der Waals surface area (Å²) in [7, 11) is 1.70. The van der Waals surface area contributed by atoms with E-state index in [1.807, 2.05) is 6.92 Å². The highest BCUT2D eigenvalue weighted by Gasteiger charge is 2.25. The van der Waals surface area contributed by atoms with Gasteiger partial charge in [0.05, 0.1) is 0 Å². The third kappa shape index (κ3) is 2.51. The van der Waals surface area contributed by atoms with Gasteiger partial charge in [-0.05, 0) is 25.7 Å². The van der Waals surface area contributed by atoms with Gasteiger partial charge in [0.15, 0.2) is 0 Å². The van der Waals surface area contributed by atoms with E-state index in [1.54, 1.807) is 7.05 Å². The van der Waals surface area contributed by atoms with E-state index in [2.05, 4.69) is 12.2 Å². The van der Waals surface area contributed by atoms with Crippen LogP contribution >= 0.6 is 11.3 Å². The Morgan fingerprint density at radius 3 is 2.61 bits per heavy atom. The zero-order valence-corrected chi connectivity index (χ0v) is 12.0. The van der Waals surface area contributed by atoms with E-state index in [0.717, 1.165) is 23.5 Å². The molecule has 1 saturated carbocycles. The maximum absolute atomic E-state index is 12.2. The largest absolute Gasteiger partial charge is 0.348 e. The predicted octanol–water partition coefficient (Wildman–Crippen LogP) is 2.06. The van der Waals surface area contributed by atoms with E-state index < -0.39 is 0 Å². The monoisotopic (exact) mass is 268 g/mol. The molecule has 0 spiro atoms. The van der Waals surface area contributed by atoms with Gasteiger partial charge in [-0.25, -0.2) is 0 Å². The van der Waals surface area contributed by atoms with Gasteiger partial charge in [0, 0.05) is 18.8 Å². The van der Waals surface area contributed by atoms with Crippen LogP contribution < -0.4 is 10.2 Å². The molecule has 2 unspecified atom stereocenters. The fourth-order valence-electron chi connectivity index (χ4n) is 2.49. The molecule has 1 aliphatic rings. The molecule has 1 N–H and O–H groups in total. The molecule has 0 saturated heterocycles. The van der Waals surface area contributed by atoms with Crippen molar-refractivity contribution in [3.05, 3.63) is 20.2 Å². The third-order valence-electron chi connectivity index (χ3n) is 3.93. The first-order valence-corrected chi connectivity index (χ1v) is 7.29. The molecule has 1 fully saturated rings. The van der Waals surface area contributed by atoms with E-state index in [0.29, 0.717) is 10.8 Å². The molecule has 4 nitrogen and oxygen atoms in total. The van der Waals surface area contributed by atoms with Gasteiger partial charge in [-0.2, -0.15) is 0 Å². The summed E-state index contributed by atoms with van der Waals surface area (Å²) in [6.07, 6.45) is 4.66. The summed E-state index contributed by atoms with van der Waals surface area (Å²) in [6, 6.07) is 0.258. The Morgan fingerprint density at radius 2 is 2.06 bits per heavy atom. The number of amides is 1. The molecular formula is C13H20N2O2S. The molecule has 0 bridgehead atoms. The molecule has 2 atom stereocenters. The lowest BCUT2D eigenvalue weighted by Crippen LogP contribution is -2.41. The number of nitrogens with zero attached hydrogens (tertiary/aromatic N) is 1. The van der Waals surface area contributed by atoms with Crippen LogP contribution in [0.4, 0.5) is 0 Å². The van der Waals surface area contributed by atoms with Crippen LogP contribution in [-0.4, -0.2) is 16.5 Å². The Labute approximate surface area is 111 Å². The first-order chi connectivity index (χ1) is 8.50. The van der Waals surface area contributed by atoms with Crippen molar-refractivity contribution in [3.63, 3.8) is 0 Å². The Hall–Kier alpha value is -1.10. The van der Waals surface area contributed by atoms with Crippen LogP contribution in [0.1, 0.15) is 48.0 Å². The predicted molar refractivity (Wildman–Crippen MR) is 73.2 cm³/mol. The number of hydrogen-bond acceptors (Lipinski definition) is 3. The molecule has 1 amide bonds. The van der Waals surface area contributed by atoms with Crippen molar-refractivity contribution >= 4 is 17.2 Å². The summed E-state index contributed by atoms with van der Waals surface area (Å²) >= 11 is 1.03. The van der Waals surface area contributed by atoms with E-state index in [4.69, 9.17) is 0 Å². The number of carbonyl (C=O) groups is 1. The molecular weight excluding hydrogens is 248 g/mol. The fourth-order valence-corrected chi connectivity index (χ4v) is 3.38. The zero-order valence-electron chi connectivity index (χ0n) is 11.2. The molecule has 0 aromatic carbocycles. The van der Waals surface area contributed by atoms with Crippen molar-refractivity contribution in [1.29, 1.82) is 0 Å². The number of thiazole rings is 1. The maximum atomic E-state index is 12.2. The van der Waals surface area contributed by atoms with Crippen LogP contribution in [0.15, 0.2) is 4.79 Å². The van der Waals surface area contributed by atoms with Crippen LogP contribution in [0.25, 0.3) is 0 Å². The minimum atomic E-state index is -0.0889. The van der Waals surface area contributed by atoms with E-state index >= 15 is 0 Å². The Bertz CT molecular complexity index is 504. The molecule has 1 aromatic rings. The van der Waals surface area contributed by atoms with Crippen molar-refractivity contribution < 1.29 is 4.79 Å². The highest BCUT2D eigenvalue weighted by Crippen LogP contribution is 2.24. The maximum Gasteiger partial charge on any atom is 0.307 e. The Balaban J connectivity index is 2.12. The minimum absolute atomic E-state index is 0.0747. The number of hydrogen-bond donors (Lipinski definition) is 1. The Kier molecular flexibility index (Phi) is 3.90. The summed E-state index contributed by atoms with van der Waals surface area (Å²) in [6.45, 7) is 4.00. The molecule has 18 heavy (non-hydrogen) atoms. The molecule has 1 aliphatic carbocycles. The number of nitrogens with one attached hydrogen (secondary N) is 1.